The summed E-state index contributed by atoms with van der Waals surface area (Å²) < 4.78 is 1.61. The van der Waals surface area contributed by atoms with Crippen molar-refractivity contribution >= 4 is 5.97 Å². The number of aromatic nitrogens is 3. The first-order valence-corrected chi connectivity index (χ1v) is 7.05. The minimum atomic E-state index is -1.03. The molecule has 20 heavy (non-hydrogen) atoms. The van der Waals surface area contributed by atoms with Crippen LogP contribution in [0, 0.1) is 5.92 Å². The number of likely N-dealkylation sites (tertiary alicyclic amines) is 1. The molecule has 1 aliphatic heterocycles. The largest absolute Gasteiger partial charge is 0.476 e. The molecule has 1 fully saturated rings. The Morgan fingerprint density at radius 2 is 2.10 bits per heavy atom. The lowest BCUT2D eigenvalue weighted by Crippen LogP contribution is -2.38. The zero-order valence-corrected chi connectivity index (χ0v) is 12.2. The SMILES string of the molecule is CN(C)CC1CCN(CCn2cc(C(=O)O)nn2)CC1. The lowest BCUT2D eigenvalue weighted by molar-refractivity contribution is 0.0690. The van der Waals surface area contributed by atoms with Crippen LogP contribution in [0.2, 0.25) is 0 Å². The highest BCUT2D eigenvalue weighted by molar-refractivity contribution is 5.84. The number of nitrogens with zero attached hydrogens (tertiary/aromatic N) is 5. The molecule has 1 aromatic rings. The van der Waals surface area contributed by atoms with Crippen LogP contribution < -0.4 is 0 Å². The van der Waals surface area contributed by atoms with Crippen molar-refractivity contribution in [1.29, 1.82) is 0 Å². The molecule has 7 nitrogen and oxygen atoms in total. The molecule has 0 atom stereocenters. The van der Waals surface area contributed by atoms with Crippen LogP contribution in [0.5, 0.6) is 0 Å². The van der Waals surface area contributed by atoms with Gasteiger partial charge in [0.25, 0.3) is 0 Å². The third kappa shape index (κ3) is 4.28. The number of carboxylic acids is 1. The molecule has 0 radical (unpaired) electrons. The van der Waals surface area contributed by atoms with Gasteiger partial charge in [0.05, 0.1) is 12.7 Å². The van der Waals surface area contributed by atoms with Gasteiger partial charge in [-0.3, -0.25) is 4.68 Å². The van der Waals surface area contributed by atoms with Crippen LogP contribution >= 0.6 is 0 Å². The lowest BCUT2D eigenvalue weighted by atomic mass is 9.96. The van der Waals surface area contributed by atoms with Gasteiger partial charge in [-0.2, -0.15) is 0 Å². The number of hydrogen-bond donors (Lipinski definition) is 1. The van der Waals surface area contributed by atoms with Gasteiger partial charge in [0.1, 0.15) is 0 Å². The standard InChI is InChI=1S/C13H23N5O2/c1-16(2)9-11-3-5-17(6-4-11)7-8-18-10-12(13(19)20)14-15-18/h10-11H,3-9H2,1-2H3,(H,19,20). The molecule has 7 heteroatoms. The van der Waals surface area contributed by atoms with Crippen LogP contribution in [-0.2, 0) is 6.54 Å². The Morgan fingerprint density at radius 3 is 2.65 bits per heavy atom. The zero-order valence-electron chi connectivity index (χ0n) is 12.2. The van der Waals surface area contributed by atoms with Crippen LogP contribution in [0.15, 0.2) is 6.20 Å². The van der Waals surface area contributed by atoms with Gasteiger partial charge in [-0.1, -0.05) is 5.21 Å². The first kappa shape index (κ1) is 14.9. The second-order valence-corrected chi connectivity index (χ2v) is 5.72. The van der Waals surface area contributed by atoms with Crippen LogP contribution in [-0.4, -0.2) is 76.1 Å². The normalized spacial score (nSPS) is 17.8. The molecule has 1 aromatic heterocycles. The number of carbonyl (C=O) groups is 1. The van der Waals surface area contributed by atoms with Crippen molar-refractivity contribution in [2.75, 3.05) is 40.3 Å². The number of piperidine rings is 1. The summed E-state index contributed by atoms with van der Waals surface area (Å²) in [6.07, 6.45) is 3.95. The van der Waals surface area contributed by atoms with Gasteiger partial charge in [0, 0.05) is 13.1 Å². The van der Waals surface area contributed by atoms with Gasteiger partial charge in [-0.25, -0.2) is 4.79 Å². The zero-order chi connectivity index (χ0) is 14.5. The summed E-state index contributed by atoms with van der Waals surface area (Å²) in [4.78, 5) is 15.4. The molecule has 0 amide bonds. The smallest absolute Gasteiger partial charge is 0.358 e. The average Bonchev–Trinajstić information content (AvgIpc) is 2.86. The van der Waals surface area contributed by atoms with E-state index in [1.54, 1.807) is 4.68 Å². The maximum Gasteiger partial charge on any atom is 0.358 e. The Morgan fingerprint density at radius 1 is 1.40 bits per heavy atom. The Bertz CT molecular complexity index is 438. The lowest BCUT2D eigenvalue weighted by Gasteiger charge is -2.33. The Balaban J connectivity index is 1.71. The number of carboxylic acid groups (broad SMARTS) is 1. The van der Waals surface area contributed by atoms with Crippen molar-refractivity contribution in [2.45, 2.75) is 19.4 Å². The molecule has 1 saturated heterocycles. The third-order valence-electron chi connectivity index (χ3n) is 3.73. The van der Waals surface area contributed by atoms with E-state index in [-0.39, 0.29) is 5.69 Å². The van der Waals surface area contributed by atoms with Crippen molar-refractivity contribution in [3.05, 3.63) is 11.9 Å². The van der Waals surface area contributed by atoms with E-state index in [1.807, 2.05) is 0 Å². The molecule has 0 spiro atoms. The fourth-order valence-electron chi connectivity index (χ4n) is 2.66. The van der Waals surface area contributed by atoms with E-state index in [0.29, 0.717) is 6.54 Å². The Kier molecular flexibility index (Phi) is 5.08. The highest BCUT2D eigenvalue weighted by Gasteiger charge is 2.19. The van der Waals surface area contributed by atoms with Crippen molar-refractivity contribution in [3.8, 4) is 0 Å². The van der Waals surface area contributed by atoms with Crippen LogP contribution in [0.4, 0.5) is 0 Å². The van der Waals surface area contributed by atoms with Crippen LogP contribution in [0.1, 0.15) is 23.3 Å². The summed E-state index contributed by atoms with van der Waals surface area (Å²) in [5.41, 5.74) is 0.00897. The van der Waals surface area contributed by atoms with E-state index in [9.17, 15) is 4.79 Å². The number of rotatable bonds is 6. The van der Waals surface area contributed by atoms with Crippen molar-refractivity contribution in [1.82, 2.24) is 24.8 Å². The Labute approximate surface area is 119 Å². The monoisotopic (exact) mass is 281 g/mol. The molecule has 0 aliphatic carbocycles. The summed E-state index contributed by atoms with van der Waals surface area (Å²) in [6, 6.07) is 0. The number of aromatic carboxylic acids is 1. The van der Waals surface area contributed by atoms with Gasteiger partial charge in [0.15, 0.2) is 5.69 Å². The van der Waals surface area contributed by atoms with Gasteiger partial charge in [0.2, 0.25) is 0 Å². The minimum absolute atomic E-state index is 0.00897. The van der Waals surface area contributed by atoms with Gasteiger partial charge < -0.3 is 14.9 Å². The summed E-state index contributed by atoms with van der Waals surface area (Å²) in [5, 5.41) is 16.2. The second-order valence-electron chi connectivity index (χ2n) is 5.72. The molecule has 1 N–H and O–H groups in total. The molecule has 112 valence electrons. The fraction of sp³-hybridized carbons (Fsp3) is 0.769. The molecule has 0 unspecified atom stereocenters. The number of hydrogen-bond acceptors (Lipinski definition) is 5. The van der Waals surface area contributed by atoms with E-state index < -0.39 is 5.97 Å². The molecule has 2 heterocycles. The van der Waals surface area contributed by atoms with Crippen LogP contribution in [0.3, 0.4) is 0 Å². The fourth-order valence-corrected chi connectivity index (χ4v) is 2.66. The first-order chi connectivity index (χ1) is 9.54. The topological polar surface area (TPSA) is 74.5 Å². The van der Waals surface area contributed by atoms with E-state index in [0.717, 1.165) is 25.6 Å². The highest BCUT2D eigenvalue weighted by Crippen LogP contribution is 2.17. The van der Waals surface area contributed by atoms with Crippen molar-refractivity contribution < 1.29 is 9.90 Å². The van der Waals surface area contributed by atoms with E-state index in [2.05, 4.69) is 34.2 Å². The predicted octanol–water partition coefficient (Wildman–Crippen LogP) is 0.250. The van der Waals surface area contributed by atoms with Gasteiger partial charge >= 0.3 is 5.97 Å². The van der Waals surface area contributed by atoms with Gasteiger partial charge in [-0.05, 0) is 45.9 Å². The molecule has 0 bridgehead atoms. The molecular formula is C13H23N5O2. The minimum Gasteiger partial charge on any atom is -0.476 e. The van der Waals surface area contributed by atoms with E-state index in [4.69, 9.17) is 5.11 Å². The van der Waals surface area contributed by atoms with E-state index >= 15 is 0 Å². The van der Waals surface area contributed by atoms with E-state index in [1.165, 1.54) is 25.6 Å². The van der Waals surface area contributed by atoms with Crippen molar-refractivity contribution in [2.24, 2.45) is 5.92 Å². The second kappa shape index (κ2) is 6.81. The van der Waals surface area contributed by atoms with Crippen molar-refractivity contribution in [3.63, 3.8) is 0 Å². The summed E-state index contributed by atoms with van der Waals surface area (Å²) in [5.74, 6) is -0.230. The maximum absolute atomic E-state index is 10.7. The summed E-state index contributed by atoms with van der Waals surface area (Å²) in [7, 11) is 4.24. The molecular weight excluding hydrogens is 258 g/mol. The highest BCUT2D eigenvalue weighted by atomic mass is 16.4. The third-order valence-corrected chi connectivity index (χ3v) is 3.73. The van der Waals surface area contributed by atoms with Gasteiger partial charge in [-0.15, -0.1) is 5.10 Å². The average molecular weight is 281 g/mol. The molecule has 0 saturated carbocycles. The molecule has 2 rings (SSSR count). The van der Waals surface area contributed by atoms with Crippen LogP contribution in [0.25, 0.3) is 0 Å². The quantitative estimate of drug-likeness (QED) is 0.805. The summed E-state index contributed by atoms with van der Waals surface area (Å²) >= 11 is 0. The molecule has 1 aliphatic rings. The summed E-state index contributed by atoms with van der Waals surface area (Å²) in [6.45, 7) is 4.98. The first-order valence-electron chi connectivity index (χ1n) is 7.05. The Hall–Kier alpha value is -1.47. The maximum atomic E-state index is 10.7. The molecule has 0 aromatic carbocycles. The predicted molar refractivity (Wildman–Crippen MR) is 74.7 cm³/mol.